The lowest BCUT2D eigenvalue weighted by molar-refractivity contribution is -0.0277. The molecule has 0 saturated carbocycles. The van der Waals surface area contributed by atoms with Crippen molar-refractivity contribution in [2.45, 2.75) is 57.7 Å². The van der Waals surface area contributed by atoms with Crippen molar-refractivity contribution >= 4 is 6.16 Å². The van der Waals surface area contributed by atoms with Gasteiger partial charge in [0.1, 0.15) is 18.5 Å². The normalized spacial score (nSPS) is 17.7. The highest BCUT2D eigenvalue weighted by atomic mass is 19.1. The average Bonchev–Trinajstić information content (AvgIpc) is 2.91. The molecule has 0 radical (unpaired) electrons. The Morgan fingerprint density at radius 3 is 2.50 bits per heavy atom. The summed E-state index contributed by atoms with van der Waals surface area (Å²) in [4.78, 5) is 14.8. The van der Waals surface area contributed by atoms with E-state index in [9.17, 15) is 9.18 Å². The highest BCUT2D eigenvalue weighted by Crippen LogP contribution is 2.39. The lowest BCUT2D eigenvalue weighted by atomic mass is 9.75. The van der Waals surface area contributed by atoms with Gasteiger partial charge >= 0.3 is 6.16 Å². The van der Waals surface area contributed by atoms with Crippen LogP contribution in [0.15, 0.2) is 36.4 Å². The number of fused-ring (bicyclic) bond motifs is 1. The number of hydrogen-bond donors (Lipinski definition) is 0. The monoisotopic (exact) mass is 531 g/mol. The molecule has 0 aliphatic heterocycles. The first kappa shape index (κ1) is 29.7. The molecule has 3 rings (SSSR count). The summed E-state index contributed by atoms with van der Waals surface area (Å²) in [5.74, 6) is 1.45. The van der Waals surface area contributed by atoms with Gasteiger partial charge in [-0.05, 0) is 79.6 Å². The Labute approximate surface area is 226 Å². The predicted octanol–water partition coefficient (Wildman–Crippen LogP) is 5.63. The van der Waals surface area contributed by atoms with E-state index in [0.717, 1.165) is 42.1 Å². The molecule has 0 aromatic heterocycles. The van der Waals surface area contributed by atoms with Gasteiger partial charge in [-0.2, -0.15) is 0 Å². The largest absolute Gasteiger partial charge is 0.508 e. The first-order chi connectivity index (χ1) is 18.2. The fourth-order valence-corrected chi connectivity index (χ4v) is 5.13. The van der Waals surface area contributed by atoms with Crippen molar-refractivity contribution in [1.82, 2.24) is 4.90 Å². The molecule has 1 unspecified atom stereocenters. The molecule has 0 fully saturated rings. The number of aryl methyl sites for hydroxylation is 1. The van der Waals surface area contributed by atoms with Crippen LogP contribution in [0.3, 0.4) is 0 Å². The molecule has 7 nitrogen and oxygen atoms in total. The molecule has 1 aliphatic rings. The van der Waals surface area contributed by atoms with E-state index < -0.39 is 6.16 Å². The predicted molar refractivity (Wildman–Crippen MR) is 145 cm³/mol. The number of carbonyl (C=O) groups excluding carboxylic acids is 1. The fourth-order valence-electron chi connectivity index (χ4n) is 5.13. The van der Waals surface area contributed by atoms with Crippen molar-refractivity contribution in [2.24, 2.45) is 5.92 Å². The van der Waals surface area contributed by atoms with E-state index in [2.05, 4.69) is 25.8 Å². The maximum absolute atomic E-state index is 13.7. The van der Waals surface area contributed by atoms with Crippen molar-refractivity contribution < 1.29 is 32.9 Å². The van der Waals surface area contributed by atoms with Crippen LogP contribution in [-0.4, -0.2) is 71.3 Å². The van der Waals surface area contributed by atoms with Gasteiger partial charge in [0, 0.05) is 26.1 Å². The van der Waals surface area contributed by atoms with Crippen LogP contribution in [0, 0.1) is 11.7 Å². The number of nitrogens with zero attached hydrogens (tertiary/aromatic N) is 1. The topological polar surface area (TPSA) is 66.5 Å². The second-order valence-electron chi connectivity index (χ2n) is 10.3. The quantitative estimate of drug-likeness (QED) is 0.310. The third kappa shape index (κ3) is 8.08. The minimum Gasteiger partial charge on any atom is -0.493 e. The zero-order chi connectivity index (χ0) is 27.7. The van der Waals surface area contributed by atoms with Crippen LogP contribution in [0.5, 0.6) is 11.5 Å². The summed E-state index contributed by atoms with van der Waals surface area (Å²) >= 11 is 0. The van der Waals surface area contributed by atoms with Gasteiger partial charge in [-0.15, -0.1) is 0 Å². The van der Waals surface area contributed by atoms with Crippen LogP contribution in [-0.2, 0) is 27.1 Å². The molecule has 210 valence electrons. The van der Waals surface area contributed by atoms with E-state index >= 15 is 0 Å². The Kier molecular flexibility index (Phi) is 11.2. The van der Waals surface area contributed by atoms with Crippen LogP contribution in [0.25, 0.3) is 0 Å². The Bertz CT molecular complexity index is 1050. The average molecular weight is 532 g/mol. The number of hydrogen-bond acceptors (Lipinski definition) is 7. The lowest BCUT2D eigenvalue weighted by Gasteiger charge is -2.35. The Morgan fingerprint density at radius 1 is 1.05 bits per heavy atom. The first-order valence-electron chi connectivity index (χ1n) is 13.3. The van der Waals surface area contributed by atoms with Gasteiger partial charge in [0.15, 0.2) is 11.5 Å². The van der Waals surface area contributed by atoms with Crippen molar-refractivity contribution in [3.05, 3.63) is 58.9 Å². The molecule has 1 aliphatic carbocycles. The zero-order valence-electron chi connectivity index (χ0n) is 23.5. The second-order valence-corrected chi connectivity index (χ2v) is 10.3. The molecule has 0 bridgehead atoms. The number of benzene rings is 2. The van der Waals surface area contributed by atoms with Crippen molar-refractivity contribution in [3.63, 3.8) is 0 Å². The van der Waals surface area contributed by atoms with E-state index in [0.29, 0.717) is 19.3 Å². The summed E-state index contributed by atoms with van der Waals surface area (Å²) in [5, 5.41) is 0. The molecule has 0 spiro atoms. The Hall–Kier alpha value is -2.84. The SMILES string of the molecule is COc1ccc(CCN(C)CCC(COC(=O)O[C@@H]2CCc3cc(F)ccc3[C@@H]2C(C)C)OC)cc1OC. The van der Waals surface area contributed by atoms with Gasteiger partial charge in [-0.3, -0.25) is 0 Å². The number of ether oxygens (including phenoxy) is 5. The summed E-state index contributed by atoms with van der Waals surface area (Å²) in [6, 6.07) is 10.8. The van der Waals surface area contributed by atoms with Crippen molar-refractivity contribution in [2.75, 3.05) is 48.1 Å². The summed E-state index contributed by atoms with van der Waals surface area (Å²) in [7, 11) is 6.94. The van der Waals surface area contributed by atoms with Gasteiger partial charge < -0.3 is 28.6 Å². The van der Waals surface area contributed by atoms with Gasteiger partial charge in [0.05, 0.1) is 20.3 Å². The van der Waals surface area contributed by atoms with Crippen LogP contribution in [0.4, 0.5) is 9.18 Å². The minimum absolute atomic E-state index is 0.00411. The van der Waals surface area contributed by atoms with E-state index in [1.807, 2.05) is 24.3 Å². The molecule has 38 heavy (non-hydrogen) atoms. The molecule has 3 atom stereocenters. The molecular weight excluding hydrogens is 489 g/mol. The van der Waals surface area contributed by atoms with Crippen LogP contribution >= 0.6 is 0 Å². The molecule has 0 heterocycles. The van der Waals surface area contributed by atoms with Crippen LogP contribution in [0.2, 0.25) is 0 Å². The van der Waals surface area contributed by atoms with Crippen molar-refractivity contribution in [1.29, 1.82) is 0 Å². The van der Waals surface area contributed by atoms with Gasteiger partial charge in [0.2, 0.25) is 0 Å². The Morgan fingerprint density at radius 2 is 1.82 bits per heavy atom. The fraction of sp³-hybridized carbons (Fsp3) is 0.567. The standard InChI is InChI=1S/C30H42FNO6/c1-20(2)29-25-10-9-23(31)18-22(25)8-12-27(29)38-30(33)37-19-24(34-4)14-16-32(3)15-13-21-7-11-26(35-5)28(17-21)36-6/h7,9-11,17-18,20,24,27,29H,8,12-16,19H2,1-6H3/t24?,27-,29+/m1/s1. The maximum atomic E-state index is 13.7. The molecule has 2 aromatic carbocycles. The van der Waals surface area contributed by atoms with Gasteiger partial charge in [-0.25, -0.2) is 9.18 Å². The maximum Gasteiger partial charge on any atom is 0.508 e. The van der Waals surface area contributed by atoms with Crippen molar-refractivity contribution in [3.8, 4) is 11.5 Å². The second kappa shape index (κ2) is 14.4. The summed E-state index contributed by atoms with van der Waals surface area (Å²) in [5.41, 5.74) is 3.21. The molecular formula is C30H42FNO6. The van der Waals surface area contributed by atoms with Crippen LogP contribution in [0.1, 0.15) is 49.3 Å². The third-order valence-corrected chi connectivity index (χ3v) is 7.31. The van der Waals surface area contributed by atoms with E-state index in [4.69, 9.17) is 23.7 Å². The minimum atomic E-state index is -0.685. The number of methoxy groups -OCH3 is 3. The van der Waals surface area contributed by atoms with Gasteiger partial charge in [0.25, 0.3) is 0 Å². The van der Waals surface area contributed by atoms with E-state index in [-0.39, 0.29) is 36.5 Å². The molecule has 2 aromatic rings. The third-order valence-electron chi connectivity index (χ3n) is 7.31. The molecule has 0 saturated heterocycles. The number of halogens is 1. The molecule has 0 N–H and O–H groups in total. The first-order valence-corrected chi connectivity index (χ1v) is 13.3. The highest BCUT2D eigenvalue weighted by Gasteiger charge is 2.35. The smallest absolute Gasteiger partial charge is 0.493 e. The Balaban J connectivity index is 1.44. The number of rotatable bonds is 13. The summed E-state index contributed by atoms with van der Waals surface area (Å²) < 4.78 is 41.1. The number of likely N-dealkylation sites (N-methyl/N-ethyl adjacent to an activating group) is 1. The summed E-state index contributed by atoms with van der Waals surface area (Å²) in [6.45, 7) is 5.95. The number of carbonyl (C=O) groups is 1. The zero-order valence-corrected chi connectivity index (χ0v) is 23.5. The van der Waals surface area contributed by atoms with Crippen LogP contribution < -0.4 is 9.47 Å². The lowest BCUT2D eigenvalue weighted by Crippen LogP contribution is -2.34. The highest BCUT2D eigenvalue weighted by molar-refractivity contribution is 5.60. The van der Waals surface area contributed by atoms with E-state index in [1.165, 1.54) is 11.6 Å². The van der Waals surface area contributed by atoms with Gasteiger partial charge in [-0.1, -0.05) is 26.0 Å². The van der Waals surface area contributed by atoms with E-state index in [1.54, 1.807) is 27.4 Å². The molecule has 8 heteroatoms. The summed E-state index contributed by atoms with van der Waals surface area (Å²) in [6.07, 6.45) is 1.67. The molecule has 0 amide bonds.